The maximum atomic E-state index is 12.1. The molecule has 0 aromatic heterocycles. The second kappa shape index (κ2) is 5.50. The summed E-state index contributed by atoms with van der Waals surface area (Å²) < 4.78 is 5.71. The zero-order valence-electron chi connectivity index (χ0n) is 11.4. The molecule has 1 heterocycles. The second-order valence-electron chi connectivity index (χ2n) is 4.96. The summed E-state index contributed by atoms with van der Waals surface area (Å²) in [6, 6.07) is 5.37. The molecule has 0 aliphatic carbocycles. The van der Waals surface area contributed by atoms with Crippen LogP contribution in [0.4, 0.5) is 0 Å². The van der Waals surface area contributed by atoms with Crippen LogP contribution < -0.4 is 15.8 Å². The molecule has 0 bridgehead atoms. The third-order valence-corrected chi connectivity index (χ3v) is 3.57. The highest BCUT2D eigenvalue weighted by Crippen LogP contribution is 2.40. The molecule has 20 heavy (non-hydrogen) atoms. The number of nitrogens with two attached hydrogens (primary N) is 1. The molecule has 3 unspecified atom stereocenters. The molecular formula is C14H18N2O4. The first-order chi connectivity index (χ1) is 9.41. The lowest BCUT2D eigenvalue weighted by Crippen LogP contribution is -2.40. The molecule has 1 aromatic rings. The standard InChI is InChI=1S/C14H18N2O4/c1-7-8(2)20-12-9(7)4-3-5-10(12)14(19)16-6-11(17)13(15)18/h3-5,7-8,11,17H,6H2,1-2H3,(H2,15,18)(H,16,19). The Kier molecular flexibility index (Phi) is 3.94. The molecule has 4 N–H and O–H groups in total. The molecular weight excluding hydrogens is 260 g/mol. The van der Waals surface area contributed by atoms with Crippen molar-refractivity contribution >= 4 is 11.8 Å². The molecule has 0 saturated carbocycles. The van der Waals surface area contributed by atoms with Crippen molar-refractivity contribution in [1.82, 2.24) is 5.32 Å². The Hall–Kier alpha value is -2.08. The van der Waals surface area contributed by atoms with Gasteiger partial charge in [0, 0.05) is 11.5 Å². The van der Waals surface area contributed by atoms with E-state index in [2.05, 4.69) is 5.32 Å². The number of amides is 2. The van der Waals surface area contributed by atoms with E-state index < -0.39 is 17.9 Å². The SMILES string of the molecule is CC1Oc2c(C(=O)NCC(O)C(N)=O)cccc2C1C. The summed E-state index contributed by atoms with van der Waals surface area (Å²) in [5, 5.41) is 11.7. The zero-order chi connectivity index (χ0) is 14.9. The largest absolute Gasteiger partial charge is 0.489 e. The van der Waals surface area contributed by atoms with Crippen LogP contribution in [0.15, 0.2) is 18.2 Å². The lowest BCUT2D eigenvalue weighted by Gasteiger charge is -2.11. The van der Waals surface area contributed by atoms with Crippen molar-refractivity contribution in [3.8, 4) is 5.75 Å². The normalized spacial score (nSPS) is 21.8. The fourth-order valence-electron chi connectivity index (χ4n) is 2.15. The number of aliphatic hydroxyl groups is 1. The van der Waals surface area contributed by atoms with Crippen molar-refractivity contribution in [2.75, 3.05) is 6.54 Å². The van der Waals surface area contributed by atoms with E-state index in [0.29, 0.717) is 11.3 Å². The molecule has 1 aliphatic rings. The van der Waals surface area contributed by atoms with E-state index in [4.69, 9.17) is 10.5 Å². The first-order valence-corrected chi connectivity index (χ1v) is 6.47. The molecule has 108 valence electrons. The number of benzene rings is 1. The van der Waals surface area contributed by atoms with Gasteiger partial charge < -0.3 is 20.9 Å². The first-order valence-electron chi connectivity index (χ1n) is 6.47. The molecule has 0 fully saturated rings. The van der Waals surface area contributed by atoms with Gasteiger partial charge in [0.25, 0.3) is 5.91 Å². The maximum Gasteiger partial charge on any atom is 0.255 e. The van der Waals surface area contributed by atoms with Crippen LogP contribution in [0.5, 0.6) is 5.75 Å². The predicted molar refractivity (Wildman–Crippen MR) is 72.5 cm³/mol. The number of rotatable bonds is 4. The number of hydrogen-bond donors (Lipinski definition) is 3. The maximum absolute atomic E-state index is 12.1. The quantitative estimate of drug-likeness (QED) is 0.729. The Morgan fingerprint density at radius 3 is 2.80 bits per heavy atom. The number of aliphatic hydroxyl groups excluding tert-OH is 1. The summed E-state index contributed by atoms with van der Waals surface area (Å²) in [4.78, 5) is 22.8. The van der Waals surface area contributed by atoms with Gasteiger partial charge in [0.05, 0.1) is 12.1 Å². The van der Waals surface area contributed by atoms with Crippen molar-refractivity contribution in [3.05, 3.63) is 29.3 Å². The van der Waals surface area contributed by atoms with Gasteiger partial charge in [-0.1, -0.05) is 19.1 Å². The van der Waals surface area contributed by atoms with Gasteiger partial charge in [0.15, 0.2) is 0 Å². The average molecular weight is 278 g/mol. The number of fused-ring (bicyclic) bond motifs is 1. The van der Waals surface area contributed by atoms with E-state index in [0.717, 1.165) is 5.56 Å². The van der Waals surface area contributed by atoms with Crippen molar-refractivity contribution in [2.45, 2.75) is 32.0 Å². The highest BCUT2D eigenvalue weighted by Gasteiger charge is 2.31. The molecule has 0 spiro atoms. The second-order valence-corrected chi connectivity index (χ2v) is 4.96. The number of para-hydroxylation sites is 1. The molecule has 1 aliphatic heterocycles. The van der Waals surface area contributed by atoms with Gasteiger partial charge in [0.1, 0.15) is 18.0 Å². The summed E-state index contributed by atoms with van der Waals surface area (Å²) in [5.74, 6) is -0.488. The van der Waals surface area contributed by atoms with E-state index in [9.17, 15) is 14.7 Å². The molecule has 6 heteroatoms. The van der Waals surface area contributed by atoms with Gasteiger partial charge in [-0.05, 0) is 13.0 Å². The van der Waals surface area contributed by atoms with Crippen LogP contribution in [0.2, 0.25) is 0 Å². The number of primary amides is 1. The molecule has 6 nitrogen and oxygen atoms in total. The van der Waals surface area contributed by atoms with Gasteiger partial charge in [-0.3, -0.25) is 9.59 Å². The summed E-state index contributed by atoms with van der Waals surface area (Å²) in [6.45, 7) is 3.77. The van der Waals surface area contributed by atoms with E-state index >= 15 is 0 Å². The van der Waals surface area contributed by atoms with Crippen LogP contribution in [0, 0.1) is 0 Å². The third-order valence-electron chi connectivity index (χ3n) is 3.57. The highest BCUT2D eigenvalue weighted by molar-refractivity contribution is 5.98. The lowest BCUT2D eigenvalue weighted by molar-refractivity contribution is -0.125. The molecule has 0 saturated heterocycles. The number of hydrogen-bond acceptors (Lipinski definition) is 4. The van der Waals surface area contributed by atoms with Crippen LogP contribution in [-0.2, 0) is 4.79 Å². The average Bonchev–Trinajstić information content (AvgIpc) is 2.71. The Balaban J connectivity index is 2.15. The monoisotopic (exact) mass is 278 g/mol. The number of nitrogens with one attached hydrogen (secondary N) is 1. The Labute approximate surface area is 116 Å². The highest BCUT2D eigenvalue weighted by atomic mass is 16.5. The summed E-state index contributed by atoms with van der Waals surface area (Å²) in [7, 11) is 0. The van der Waals surface area contributed by atoms with Crippen molar-refractivity contribution in [2.24, 2.45) is 5.73 Å². The molecule has 0 radical (unpaired) electrons. The molecule has 2 rings (SSSR count). The Morgan fingerprint density at radius 2 is 2.15 bits per heavy atom. The number of carbonyl (C=O) groups excluding carboxylic acids is 2. The van der Waals surface area contributed by atoms with Crippen LogP contribution in [0.3, 0.4) is 0 Å². The van der Waals surface area contributed by atoms with Crippen LogP contribution >= 0.6 is 0 Å². The van der Waals surface area contributed by atoms with Crippen LogP contribution in [0.25, 0.3) is 0 Å². The third kappa shape index (κ3) is 2.60. The van der Waals surface area contributed by atoms with E-state index in [1.54, 1.807) is 12.1 Å². The first kappa shape index (κ1) is 14.3. The minimum Gasteiger partial charge on any atom is -0.489 e. The van der Waals surface area contributed by atoms with Crippen molar-refractivity contribution in [3.63, 3.8) is 0 Å². The van der Waals surface area contributed by atoms with Crippen molar-refractivity contribution in [1.29, 1.82) is 0 Å². The summed E-state index contributed by atoms with van der Waals surface area (Å²) in [6.07, 6.45) is -1.38. The van der Waals surface area contributed by atoms with Gasteiger partial charge in [-0.2, -0.15) is 0 Å². The van der Waals surface area contributed by atoms with E-state index in [1.807, 2.05) is 19.9 Å². The minimum absolute atomic E-state index is 0.00941. The predicted octanol–water partition coefficient (Wildman–Crippen LogP) is 0.147. The zero-order valence-corrected chi connectivity index (χ0v) is 11.4. The number of carbonyl (C=O) groups is 2. The topological polar surface area (TPSA) is 102 Å². The fraction of sp³-hybridized carbons (Fsp3) is 0.429. The van der Waals surface area contributed by atoms with Crippen LogP contribution in [0.1, 0.15) is 35.7 Å². The minimum atomic E-state index is -1.39. The smallest absolute Gasteiger partial charge is 0.255 e. The van der Waals surface area contributed by atoms with E-state index in [-0.39, 0.29) is 18.6 Å². The summed E-state index contributed by atoms with van der Waals surface area (Å²) in [5.41, 5.74) is 6.31. The van der Waals surface area contributed by atoms with Gasteiger partial charge in [0.2, 0.25) is 5.91 Å². The molecule has 2 amide bonds. The van der Waals surface area contributed by atoms with Gasteiger partial charge in [-0.25, -0.2) is 0 Å². The Bertz CT molecular complexity index is 544. The Morgan fingerprint density at radius 1 is 1.45 bits per heavy atom. The van der Waals surface area contributed by atoms with E-state index in [1.165, 1.54) is 0 Å². The van der Waals surface area contributed by atoms with Crippen LogP contribution in [-0.4, -0.2) is 35.7 Å². The molecule has 3 atom stereocenters. The van der Waals surface area contributed by atoms with Gasteiger partial charge in [-0.15, -0.1) is 0 Å². The fourth-order valence-corrected chi connectivity index (χ4v) is 2.15. The number of ether oxygens (including phenoxy) is 1. The van der Waals surface area contributed by atoms with Gasteiger partial charge >= 0.3 is 0 Å². The molecule has 1 aromatic carbocycles. The summed E-state index contributed by atoms with van der Waals surface area (Å²) >= 11 is 0. The van der Waals surface area contributed by atoms with Crippen molar-refractivity contribution < 1.29 is 19.4 Å². The lowest BCUT2D eigenvalue weighted by atomic mass is 9.97.